The van der Waals surface area contributed by atoms with Crippen LogP contribution in [0.25, 0.3) is 0 Å². The average Bonchev–Trinajstić information content (AvgIpc) is 2.41. The first-order chi connectivity index (χ1) is 6.63. The Bertz CT molecular complexity index is 240. The summed E-state index contributed by atoms with van der Waals surface area (Å²) >= 11 is 0. The lowest BCUT2D eigenvalue weighted by Crippen LogP contribution is -2.53. The van der Waals surface area contributed by atoms with Gasteiger partial charge in [-0.15, -0.1) is 0 Å². The van der Waals surface area contributed by atoms with Gasteiger partial charge in [0.2, 0.25) is 5.91 Å². The highest BCUT2D eigenvalue weighted by Gasteiger charge is 2.45. The number of rotatable bonds is 2. The van der Waals surface area contributed by atoms with Crippen LogP contribution in [0.15, 0.2) is 0 Å². The third kappa shape index (κ3) is 1.53. The first kappa shape index (κ1) is 9.93. The molecule has 1 saturated heterocycles. The van der Waals surface area contributed by atoms with Crippen LogP contribution in [0.5, 0.6) is 0 Å². The van der Waals surface area contributed by atoms with E-state index in [1.807, 2.05) is 6.92 Å². The van der Waals surface area contributed by atoms with Gasteiger partial charge in [0.25, 0.3) is 0 Å². The minimum atomic E-state index is -0.518. The summed E-state index contributed by atoms with van der Waals surface area (Å²) < 4.78 is 5.24. The van der Waals surface area contributed by atoms with Gasteiger partial charge >= 0.3 is 0 Å². The van der Waals surface area contributed by atoms with Crippen LogP contribution in [0, 0.1) is 5.41 Å². The van der Waals surface area contributed by atoms with Crippen molar-refractivity contribution in [2.75, 3.05) is 13.2 Å². The number of hydrogen-bond acceptors (Lipinski definition) is 3. The Hall–Kier alpha value is -0.610. The Morgan fingerprint density at radius 2 is 2.29 bits per heavy atom. The van der Waals surface area contributed by atoms with Crippen LogP contribution in [0.4, 0.5) is 0 Å². The molecule has 4 nitrogen and oxygen atoms in total. The Morgan fingerprint density at radius 3 is 2.71 bits per heavy atom. The van der Waals surface area contributed by atoms with Crippen molar-refractivity contribution in [3.8, 4) is 0 Å². The minimum absolute atomic E-state index is 0.0622. The number of carbonyl (C=O) groups is 1. The third-order valence-electron chi connectivity index (χ3n) is 3.48. The van der Waals surface area contributed by atoms with Crippen molar-refractivity contribution in [2.45, 2.75) is 38.3 Å². The lowest BCUT2D eigenvalue weighted by atomic mass is 9.83. The highest BCUT2D eigenvalue weighted by Crippen LogP contribution is 2.28. The van der Waals surface area contributed by atoms with E-state index in [4.69, 9.17) is 10.5 Å². The second kappa shape index (κ2) is 3.51. The van der Waals surface area contributed by atoms with Crippen molar-refractivity contribution < 1.29 is 9.53 Å². The minimum Gasteiger partial charge on any atom is -0.379 e. The van der Waals surface area contributed by atoms with Crippen molar-refractivity contribution >= 4 is 5.91 Å². The van der Waals surface area contributed by atoms with E-state index in [0.717, 1.165) is 12.8 Å². The van der Waals surface area contributed by atoms with E-state index in [1.54, 1.807) is 0 Å². The van der Waals surface area contributed by atoms with E-state index in [2.05, 4.69) is 5.32 Å². The van der Waals surface area contributed by atoms with Crippen LogP contribution < -0.4 is 11.1 Å². The molecule has 0 aromatic rings. The molecule has 1 aliphatic carbocycles. The van der Waals surface area contributed by atoms with E-state index in [-0.39, 0.29) is 11.9 Å². The Kier molecular flexibility index (Phi) is 2.49. The summed E-state index contributed by atoms with van der Waals surface area (Å²) in [6.07, 6.45) is 3.44. The fraction of sp³-hybridized carbons (Fsp3) is 0.900. The van der Waals surface area contributed by atoms with Gasteiger partial charge in [0.15, 0.2) is 0 Å². The molecule has 2 unspecified atom stereocenters. The second-order valence-electron chi connectivity index (χ2n) is 4.64. The Labute approximate surface area is 84.2 Å². The summed E-state index contributed by atoms with van der Waals surface area (Å²) in [5.74, 6) is 0.0622. The maximum absolute atomic E-state index is 11.9. The fourth-order valence-corrected chi connectivity index (χ4v) is 1.83. The van der Waals surface area contributed by atoms with E-state index in [0.29, 0.717) is 19.3 Å². The van der Waals surface area contributed by atoms with Gasteiger partial charge in [0, 0.05) is 12.1 Å². The topological polar surface area (TPSA) is 64.3 Å². The third-order valence-corrected chi connectivity index (χ3v) is 3.48. The molecule has 0 radical (unpaired) electrons. The van der Waals surface area contributed by atoms with Crippen molar-refractivity contribution in [1.29, 1.82) is 0 Å². The normalized spacial score (nSPS) is 38.0. The zero-order valence-corrected chi connectivity index (χ0v) is 8.58. The monoisotopic (exact) mass is 198 g/mol. The quantitative estimate of drug-likeness (QED) is 0.657. The molecule has 1 saturated carbocycles. The van der Waals surface area contributed by atoms with Gasteiger partial charge < -0.3 is 15.8 Å². The van der Waals surface area contributed by atoms with Crippen LogP contribution >= 0.6 is 0 Å². The molecule has 2 aliphatic rings. The summed E-state index contributed by atoms with van der Waals surface area (Å²) in [5, 5.41) is 3.03. The van der Waals surface area contributed by atoms with Gasteiger partial charge in [-0.05, 0) is 26.2 Å². The second-order valence-corrected chi connectivity index (χ2v) is 4.64. The number of nitrogens with one attached hydrogen (secondary N) is 1. The molecule has 0 spiro atoms. The number of amides is 1. The van der Waals surface area contributed by atoms with Crippen LogP contribution in [0.3, 0.4) is 0 Å². The van der Waals surface area contributed by atoms with Crippen molar-refractivity contribution in [1.82, 2.24) is 5.32 Å². The number of hydrogen-bond donors (Lipinski definition) is 2. The first-order valence-electron chi connectivity index (χ1n) is 5.27. The SMILES string of the molecule is CC1(C(=O)NC2CCC2)COCC1N. The molecular weight excluding hydrogens is 180 g/mol. The van der Waals surface area contributed by atoms with E-state index in [9.17, 15) is 4.79 Å². The highest BCUT2D eigenvalue weighted by atomic mass is 16.5. The molecular formula is C10H18N2O2. The largest absolute Gasteiger partial charge is 0.379 e. The van der Waals surface area contributed by atoms with Gasteiger partial charge in [-0.2, -0.15) is 0 Å². The molecule has 4 heteroatoms. The van der Waals surface area contributed by atoms with E-state index >= 15 is 0 Å². The number of nitrogens with two attached hydrogens (primary N) is 1. The summed E-state index contributed by atoms with van der Waals surface area (Å²) in [6, 6.07) is 0.217. The van der Waals surface area contributed by atoms with Crippen molar-refractivity contribution in [3.05, 3.63) is 0 Å². The molecule has 2 atom stereocenters. The molecule has 0 aromatic carbocycles. The highest BCUT2D eigenvalue weighted by molar-refractivity contribution is 5.84. The summed E-state index contributed by atoms with van der Waals surface area (Å²) in [7, 11) is 0. The summed E-state index contributed by atoms with van der Waals surface area (Å²) in [4.78, 5) is 11.9. The predicted molar refractivity (Wildman–Crippen MR) is 52.7 cm³/mol. The maximum atomic E-state index is 11.9. The molecule has 2 fully saturated rings. The Balaban J connectivity index is 1.94. The molecule has 80 valence electrons. The molecule has 2 rings (SSSR count). The lowest BCUT2D eigenvalue weighted by molar-refractivity contribution is -0.132. The number of ether oxygens (including phenoxy) is 1. The molecule has 3 N–H and O–H groups in total. The first-order valence-corrected chi connectivity index (χ1v) is 5.27. The molecule has 1 amide bonds. The zero-order chi connectivity index (χ0) is 10.2. The average molecular weight is 198 g/mol. The van der Waals surface area contributed by atoms with Crippen LogP contribution in [0.2, 0.25) is 0 Å². The van der Waals surface area contributed by atoms with Gasteiger partial charge in [-0.25, -0.2) is 0 Å². The van der Waals surface area contributed by atoms with Crippen LogP contribution in [-0.2, 0) is 9.53 Å². The van der Waals surface area contributed by atoms with Crippen LogP contribution in [-0.4, -0.2) is 31.2 Å². The van der Waals surface area contributed by atoms with Gasteiger partial charge in [0.05, 0.1) is 18.6 Å². The van der Waals surface area contributed by atoms with Crippen molar-refractivity contribution in [2.24, 2.45) is 11.1 Å². The van der Waals surface area contributed by atoms with E-state index in [1.165, 1.54) is 6.42 Å². The molecule has 1 heterocycles. The Morgan fingerprint density at radius 1 is 1.57 bits per heavy atom. The van der Waals surface area contributed by atoms with Gasteiger partial charge in [0.1, 0.15) is 0 Å². The molecule has 0 aromatic heterocycles. The zero-order valence-electron chi connectivity index (χ0n) is 8.58. The van der Waals surface area contributed by atoms with Crippen molar-refractivity contribution in [3.63, 3.8) is 0 Å². The van der Waals surface area contributed by atoms with Gasteiger partial charge in [-0.1, -0.05) is 0 Å². The van der Waals surface area contributed by atoms with E-state index < -0.39 is 5.41 Å². The van der Waals surface area contributed by atoms with Gasteiger partial charge in [-0.3, -0.25) is 4.79 Å². The predicted octanol–water partition coefficient (Wildman–Crippen LogP) is 0.0189. The van der Waals surface area contributed by atoms with Crippen LogP contribution in [0.1, 0.15) is 26.2 Å². The molecule has 0 bridgehead atoms. The summed E-state index contributed by atoms with van der Waals surface area (Å²) in [5.41, 5.74) is 5.35. The lowest BCUT2D eigenvalue weighted by Gasteiger charge is -2.32. The standard InChI is InChI=1S/C10H18N2O2/c1-10(6-14-5-8(10)11)9(13)12-7-3-2-4-7/h7-8H,2-6,11H2,1H3,(H,12,13). The molecule has 14 heavy (non-hydrogen) atoms. The summed E-state index contributed by atoms with van der Waals surface area (Å²) in [6.45, 7) is 2.83. The molecule has 1 aliphatic heterocycles. The smallest absolute Gasteiger partial charge is 0.230 e. The number of carbonyl (C=O) groups excluding carboxylic acids is 1. The fourth-order valence-electron chi connectivity index (χ4n) is 1.83. The maximum Gasteiger partial charge on any atom is 0.230 e.